The van der Waals surface area contributed by atoms with E-state index in [9.17, 15) is 9.18 Å². The van der Waals surface area contributed by atoms with E-state index in [0.29, 0.717) is 22.5 Å². The van der Waals surface area contributed by atoms with Crippen molar-refractivity contribution >= 4 is 17.3 Å². The van der Waals surface area contributed by atoms with Crippen molar-refractivity contribution in [3.05, 3.63) is 58.9 Å². The van der Waals surface area contributed by atoms with Crippen molar-refractivity contribution in [1.29, 1.82) is 0 Å². The van der Waals surface area contributed by atoms with Gasteiger partial charge in [-0.3, -0.25) is 4.79 Å². The lowest BCUT2D eigenvalue weighted by Gasteiger charge is -2.12. The molecule has 0 saturated heterocycles. The molecule has 98 valence electrons. The van der Waals surface area contributed by atoms with Crippen LogP contribution in [0.25, 0.3) is 0 Å². The van der Waals surface area contributed by atoms with Gasteiger partial charge in [0.25, 0.3) is 5.91 Å². The van der Waals surface area contributed by atoms with Crippen LogP contribution in [0.5, 0.6) is 0 Å². The third-order valence-electron chi connectivity index (χ3n) is 2.99. The van der Waals surface area contributed by atoms with Gasteiger partial charge >= 0.3 is 0 Å². The molecule has 0 spiro atoms. The fraction of sp³-hybridized carbons (Fsp3) is 0.133. The van der Waals surface area contributed by atoms with E-state index >= 15 is 0 Å². The molecule has 2 aromatic rings. The minimum Gasteiger partial charge on any atom is -0.397 e. The number of hydrogen-bond acceptors (Lipinski definition) is 2. The number of amides is 1. The molecule has 0 aromatic heterocycles. The lowest BCUT2D eigenvalue weighted by atomic mass is 10.1. The Morgan fingerprint density at radius 1 is 1.16 bits per heavy atom. The Morgan fingerprint density at radius 3 is 2.58 bits per heavy atom. The van der Waals surface area contributed by atoms with Gasteiger partial charge in [0.05, 0.1) is 11.4 Å². The van der Waals surface area contributed by atoms with Crippen molar-refractivity contribution in [2.45, 2.75) is 13.8 Å². The molecule has 2 rings (SSSR count). The van der Waals surface area contributed by atoms with E-state index in [-0.39, 0.29) is 5.91 Å². The number of nitrogens with one attached hydrogen (secondary N) is 1. The first-order chi connectivity index (χ1) is 8.99. The molecule has 1 amide bonds. The monoisotopic (exact) mass is 258 g/mol. The van der Waals surface area contributed by atoms with Crippen LogP contribution in [0, 0.1) is 19.7 Å². The number of anilines is 2. The summed E-state index contributed by atoms with van der Waals surface area (Å²) in [5.74, 6) is -0.800. The summed E-state index contributed by atoms with van der Waals surface area (Å²) in [6.07, 6.45) is 0. The van der Waals surface area contributed by atoms with E-state index < -0.39 is 5.82 Å². The van der Waals surface area contributed by atoms with Gasteiger partial charge in [-0.05, 0) is 43.2 Å². The number of hydrogen-bond donors (Lipinski definition) is 2. The molecule has 0 bridgehead atoms. The number of carbonyl (C=O) groups excluding carboxylic acids is 1. The Bertz CT molecular complexity index is 618. The number of halogens is 1. The summed E-state index contributed by atoms with van der Waals surface area (Å²) in [7, 11) is 0. The smallest absolute Gasteiger partial charge is 0.256 e. The van der Waals surface area contributed by atoms with E-state index in [1.54, 1.807) is 19.1 Å². The Morgan fingerprint density at radius 2 is 1.89 bits per heavy atom. The Kier molecular flexibility index (Phi) is 3.51. The zero-order valence-electron chi connectivity index (χ0n) is 10.8. The van der Waals surface area contributed by atoms with Gasteiger partial charge in [-0.25, -0.2) is 4.39 Å². The SMILES string of the molecule is Cc1ccc(F)cc1C(=O)Nc1c(C)cccc1N. The number of nitrogen functional groups attached to an aromatic ring is 1. The summed E-state index contributed by atoms with van der Waals surface area (Å²) in [5, 5.41) is 2.73. The summed E-state index contributed by atoms with van der Waals surface area (Å²) in [6.45, 7) is 3.61. The van der Waals surface area contributed by atoms with Crippen molar-refractivity contribution in [3.8, 4) is 0 Å². The maximum atomic E-state index is 13.2. The predicted octanol–water partition coefficient (Wildman–Crippen LogP) is 3.28. The number of para-hydroxylation sites is 1. The van der Waals surface area contributed by atoms with Gasteiger partial charge in [0.15, 0.2) is 0 Å². The van der Waals surface area contributed by atoms with Gasteiger partial charge < -0.3 is 11.1 Å². The van der Waals surface area contributed by atoms with Crippen molar-refractivity contribution < 1.29 is 9.18 Å². The van der Waals surface area contributed by atoms with Gasteiger partial charge in [0, 0.05) is 5.56 Å². The quantitative estimate of drug-likeness (QED) is 0.812. The minimum absolute atomic E-state index is 0.308. The third-order valence-corrected chi connectivity index (χ3v) is 2.99. The molecule has 0 aliphatic rings. The topological polar surface area (TPSA) is 55.1 Å². The van der Waals surface area contributed by atoms with Crippen LogP contribution in [-0.4, -0.2) is 5.91 Å². The summed E-state index contributed by atoms with van der Waals surface area (Å²) in [5.41, 5.74) is 8.77. The highest BCUT2D eigenvalue weighted by Crippen LogP contribution is 2.23. The highest BCUT2D eigenvalue weighted by molar-refractivity contribution is 6.07. The maximum Gasteiger partial charge on any atom is 0.256 e. The standard InChI is InChI=1S/C15H15FN2O/c1-9-6-7-11(16)8-12(9)15(19)18-14-10(2)4-3-5-13(14)17/h3-8H,17H2,1-2H3,(H,18,19). The predicted molar refractivity (Wildman–Crippen MR) is 74.7 cm³/mol. The molecule has 0 heterocycles. The Hall–Kier alpha value is -2.36. The highest BCUT2D eigenvalue weighted by atomic mass is 19.1. The fourth-order valence-corrected chi connectivity index (χ4v) is 1.88. The summed E-state index contributed by atoms with van der Waals surface area (Å²) in [4.78, 5) is 12.2. The molecule has 4 heteroatoms. The first kappa shape index (κ1) is 13.1. The number of carbonyl (C=O) groups is 1. The van der Waals surface area contributed by atoms with Gasteiger partial charge in [0.2, 0.25) is 0 Å². The Balaban J connectivity index is 2.34. The summed E-state index contributed by atoms with van der Waals surface area (Å²) >= 11 is 0. The molecule has 0 saturated carbocycles. The van der Waals surface area contributed by atoms with Crippen molar-refractivity contribution in [1.82, 2.24) is 0 Å². The van der Waals surface area contributed by atoms with Crippen LogP contribution in [0.15, 0.2) is 36.4 Å². The number of rotatable bonds is 2. The average molecular weight is 258 g/mol. The van der Waals surface area contributed by atoms with Crippen LogP contribution >= 0.6 is 0 Å². The van der Waals surface area contributed by atoms with Gasteiger partial charge in [-0.1, -0.05) is 18.2 Å². The van der Waals surface area contributed by atoms with Crippen LogP contribution in [0.3, 0.4) is 0 Å². The fourth-order valence-electron chi connectivity index (χ4n) is 1.88. The van der Waals surface area contributed by atoms with E-state index in [0.717, 1.165) is 5.56 Å². The van der Waals surface area contributed by atoms with Crippen LogP contribution in [0.4, 0.5) is 15.8 Å². The molecule has 0 radical (unpaired) electrons. The first-order valence-corrected chi connectivity index (χ1v) is 5.91. The zero-order chi connectivity index (χ0) is 14.0. The summed E-state index contributed by atoms with van der Waals surface area (Å²) in [6, 6.07) is 9.50. The van der Waals surface area contributed by atoms with Gasteiger partial charge in [-0.15, -0.1) is 0 Å². The minimum atomic E-state index is -0.437. The second-order valence-corrected chi connectivity index (χ2v) is 4.45. The largest absolute Gasteiger partial charge is 0.397 e. The van der Waals surface area contributed by atoms with Gasteiger partial charge in [-0.2, -0.15) is 0 Å². The summed E-state index contributed by atoms with van der Waals surface area (Å²) < 4.78 is 13.2. The first-order valence-electron chi connectivity index (χ1n) is 5.91. The van der Waals surface area contributed by atoms with Crippen molar-refractivity contribution in [2.75, 3.05) is 11.1 Å². The second kappa shape index (κ2) is 5.10. The lowest BCUT2D eigenvalue weighted by molar-refractivity contribution is 0.102. The average Bonchev–Trinajstić information content (AvgIpc) is 2.37. The van der Waals surface area contributed by atoms with Crippen molar-refractivity contribution in [2.24, 2.45) is 0 Å². The highest BCUT2D eigenvalue weighted by Gasteiger charge is 2.12. The number of aryl methyl sites for hydroxylation is 2. The number of nitrogens with two attached hydrogens (primary N) is 1. The molecule has 3 N–H and O–H groups in total. The van der Waals surface area contributed by atoms with E-state index in [2.05, 4.69) is 5.32 Å². The molecule has 0 aliphatic heterocycles. The molecule has 19 heavy (non-hydrogen) atoms. The van der Waals surface area contributed by atoms with E-state index in [1.165, 1.54) is 12.1 Å². The van der Waals surface area contributed by atoms with Crippen LogP contribution in [0.1, 0.15) is 21.5 Å². The van der Waals surface area contributed by atoms with Crippen LogP contribution in [0.2, 0.25) is 0 Å². The second-order valence-electron chi connectivity index (χ2n) is 4.45. The maximum absolute atomic E-state index is 13.2. The third kappa shape index (κ3) is 2.73. The molecule has 3 nitrogen and oxygen atoms in total. The Labute approximate surface area is 111 Å². The number of benzene rings is 2. The normalized spacial score (nSPS) is 10.3. The zero-order valence-corrected chi connectivity index (χ0v) is 10.8. The molecule has 0 atom stereocenters. The van der Waals surface area contributed by atoms with E-state index in [4.69, 9.17) is 5.73 Å². The molecule has 0 unspecified atom stereocenters. The molecule has 2 aromatic carbocycles. The van der Waals surface area contributed by atoms with Gasteiger partial charge in [0.1, 0.15) is 5.82 Å². The van der Waals surface area contributed by atoms with Crippen LogP contribution < -0.4 is 11.1 Å². The molecule has 0 aliphatic carbocycles. The van der Waals surface area contributed by atoms with Crippen molar-refractivity contribution in [3.63, 3.8) is 0 Å². The van der Waals surface area contributed by atoms with Crippen LogP contribution in [-0.2, 0) is 0 Å². The molecular weight excluding hydrogens is 243 g/mol. The molecule has 0 fully saturated rings. The molecular formula is C15H15FN2O. The lowest BCUT2D eigenvalue weighted by Crippen LogP contribution is -2.15. The van der Waals surface area contributed by atoms with E-state index in [1.807, 2.05) is 19.1 Å².